The number of aromatic nitrogens is 1. The van der Waals surface area contributed by atoms with E-state index in [4.69, 9.17) is 23.2 Å². The summed E-state index contributed by atoms with van der Waals surface area (Å²) in [6.45, 7) is 4.73. The van der Waals surface area contributed by atoms with Crippen molar-refractivity contribution in [1.29, 1.82) is 0 Å². The largest absolute Gasteiger partial charge is 0.325 e. The summed E-state index contributed by atoms with van der Waals surface area (Å²) in [6.07, 6.45) is 1.61. The van der Waals surface area contributed by atoms with E-state index in [-0.39, 0.29) is 17.9 Å². The lowest BCUT2D eigenvalue weighted by Gasteiger charge is -2.27. The first kappa shape index (κ1) is 15.3. The van der Waals surface area contributed by atoms with Crippen LogP contribution in [0.2, 0.25) is 10.0 Å². The van der Waals surface area contributed by atoms with Crippen molar-refractivity contribution in [3.63, 3.8) is 0 Å². The zero-order valence-electron chi connectivity index (χ0n) is 12.4. The molecule has 3 nitrogen and oxygen atoms in total. The van der Waals surface area contributed by atoms with Crippen LogP contribution in [0.3, 0.4) is 0 Å². The predicted octanol–water partition coefficient (Wildman–Crippen LogP) is 4.74. The Hall–Kier alpha value is -1.58. The third kappa shape index (κ3) is 2.71. The summed E-state index contributed by atoms with van der Waals surface area (Å²) in [5, 5.41) is 1.18. The van der Waals surface area contributed by atoms with Crippen LogP contribution in [0.1, 0.15) is 41.5 Å². The number of fused-ring (bicyclic) bond motifs is 1. The van der Waals surface area contributed by atoms with Gasteiger partial charge in [-0.2, -0.15) is 0 Å². The highest BCUT2D eigenvalue weighted by atomic mass is 35.5. The van der Waals surface area contributed by atoms with Crippen LogP contribution in [0.15, 0.2) is 36.5 Å². The van der Waals surface area contributed by atoms with Gasteiger partial charge < -0.3 is 4.90 Å². The summed E-state index contributed by atoms with van der Waals surface area (Å²) in [4.78, 5) is 19.0. The molecule has 0 saturated heterocycles. The number of rotatable bonds is 3. The fourth-order valence-electron chi connectivity index (χ4n) is 2.92. The molecule has 0 aliphatic carbocycles. The van der Waals surface area contributed by atoms with E-state index in [1.165, 1.54) is 0 Å². The molecule has 0 N–H and O–H groups in total. The average molecular weight is 335 g/mol. The van der Waals surface area contributed by atoms with Crippen LogP contribution in [-0.4, -0.2) is 15.8 Å². The van der Waals surface area contributed by atoms with Crippen LogP contribution in [0.25, 0.3) is 0 Å². The van der Waals surface area contributed by atoms with Crippen LogP contribution in [-0.2, 0) is 6.54 Å². The second-order valence-electron chi connectivity index (χ2n) is 5.83. The number of pyridine rings is 1. The van der Waals surface area contributed by atoms with Crippen molar-refractivity contribution < 1.29 is 4.79 Å². The van der Waals surface area contributed by atoms with Crippen LogP contribution >= 0.6 is 23.2 Å². The average Bonchev–Trinajstić information content (AvgIpc) is 2.74. The van der Waals surface area contributed by atoms with Gasteiger partial charge in [-0.15, -0.1) is 0 Å². The van der Waals surface area contributed by atoms with E-state index in [9.17, 15) is 4.79 Å². The van der Waals surface area contributed by atoms with Crippen LogP contribution in [0.4, 0.5) is 0 Å². The molecule has 1 amide bonds. The lowest BCUT2D eigenvalue weighted by Crippen LogP contribution is -2.30. The molecule has 0 fully saturated rings. The second kappa shape index (κ2) is 5.90. The Bertz CT molecular complexity index is 713. The van der Waals surface area contributed by atoms with Crippen molar-refractivity contribution in [2.45, 2.75) is 26.4 Å². The molecule has 1 aliphatic rings. The molecule has 1 unspecified atom stereocenters. The van der Waals surface area contributed by atoms with Crippen LogP contribution < -0.4 is 0 Å². The first-order chi connectivity index (χ1) is 10.5. The van der Waals surface area contributed by atoms with Crippen molar-refractivity contribution in [1.82, 2.24) is 9.88 Å². The van der Waals surface area contributed by atoms with Gasteiger partial charge in [0.1, 0.15) is 0 Å². The first-order valence-electron chi connectivity index (χ1n) is 7.18. The molecule has 22 heavy (non-hydrogen) atoms. The lowest BCUT2D eigenvalue weighted by atomic mass is 10.00. The van der Waals surface area contributed by atoms with Gasteiger partial charge in [0.25, 0.3) is 5.91 Å². The molecular weight excluding hydrogens is 319 g/mol. The molecule has 0 bridgehead atoms. The molecule has 1 aromatic heterocycles. The van der Waals surface area contributed by atoms with E-state index in [1.807, 2.05) is 29.2 Å². The third-order valence-electron chi connectivity index (χ3n) is 3.89. The molecule has 3 rings (SSSR count). The number of hydrogen-bond acceptors (Lipinski definition) is 2. The van der Waals surface area contributed by atoms with Gasteiger partial charge >= 0.3 is 0 Å². The minimum absolute atomic E-state index is 0.0151. The molecule has 0 radical (unpaired) electrons. The third-order valence-corrected chi connectivity index (χ3v) is 4.35. The lowest BCUT2D eigenvalue weighted by molar-refractivity contribution is 0.0662. The molecule has 114 valence electrons. The maximum absolute atomic E-state index is 12.7. The second-order valence-corrected chi connectivity index (χ2v) is 6.71. The van der Waals surface area contributed by atoms with E-state index in [1.54, 1.807) is 12.3 Å². The summed E-state index contributed by atoms with van der Waals surface area (Å²) in [6, 6.07) is 9.24. The van der Waals surface area contributed by atoms with Gasteiger partial charge in [-0.3, -0.25) is 9.78 Å². The van der Waals surface area contributed by atoms with Crippen molar-refractivity contribution >= 4 is 29.1 Å². The number of halogens is 2. The minimum atomic E-state index is -0.0320. The molecule has 2 heterocycles. The Morgan fingerprint density at radius 1 is 1.18 bits per heavy atom. The normalized spacial score (nSPS) is 17.2. The number of hydrogen-bond donors (Lipinski definition) is 0. The van der Waals surface area contributed by atoms with Crippen molar-refractivity contribution in [3.05, 3.63) is 63.4 Å². The SMILES string of the molecule is CC(C)C1c2ncc(Cl)cc2C(=O)N1Cc1ccc(Cl)cc1. The monoisotopic (exact) mass is 334 g/mol. The summed E-state index contributed by atoms with van der Waals surface area (Å²) in [5.41, 5.74) is 2.47. The van der Waals surface area contributed by atoms with Gasteiger partial charge in [-0.1, -0.05) is 49.2 Å². The molecule has 0 spiro atoms. The van der Waals surface area contributed by atoms with E-state index in [0.717, 1.165) is 11.3 Å². The topological polar surface area (TPSA) is 33.2 Å². The summed E-state index contributed by atoms with van der Waals surface area (Å²) < 4.78 is 0. The highest BCUT2D eigenvalue weighted by Gasteiger charge is 2.39. The number of carbonyl (C=O) groups is 1. The maximum Gasteiger partial charge on any atom is 0.256 e. The molecule has 1 aliphatic heterocycles. The van der Waals surface area contributed by atoms with E-state index >= 15 is 0 Å². The van der Waals surface area contributed by atoms with E-state index in [2.05, 4.69) is 18.8 Å². The van der Waals surface area contributed by atoms with Gasteiger partial charge in [0.15, 0.2) is 0 Å². The molecule has 5 heteroatoms. The summed E-state index contributed by atoms with van der Waals surface area (Å²) >= 11 is 11.9. The molecule has 1 atom stereocenters. The standard InChI is InChI=1S/C17H16Cl2N2O/c1-10(2)16-15-14(7-13(19)8-20-15)17(22)21(16)9-11-3-5-12(18)6-4-11/h3-8,10,16H,9H2,1-2H3. The number of benzene rings is 1. The maximum atomic E-state index is 12.7. The zero-order valence-corrected chi connectivity index (χ0v) is 13.9. The minimum Gasteiger partial charge on any atom is -0.325 e. The van der Waals surface area contributed by atoms with Gasteiger partial charge in [-0.25, -0.2) is 0 Å². The quantitative estimate of drug-likeness (QED) is 0.812. The van der Waals surface area contributed by atoms with E-state index in [0.29, 0.717) is 22.2 Å². The Balaban J connectivity index is 1.97. The Labute approximate surface area is 139 Å². The highest BCUT2D eigenvalue weighted by molar-refractivity contribution is 6.31. The fourth-order valence-corrected chi connectivity index (χ4v) is 3.20. The Morgan fingerprint density at radius 3 is 2.50 bits per heavy atom. The van der Waals surface area contributed by atoms with Crippen molar-refractivity contribution in [2.24, 2.45) is 5.92 Å². The van der Waals surface area contributed by atoms with Gasteiger partial charge in [-0.05, 0) is 29.7 Å². The molecule has 0 saturated carbocycles. The zero-order chi connectivity index (χ0) is 15.9. The first-order valence-corrected chi connectivity index (χ1v) is 7.94. The predicted molar refractivity (Wildman–Crippen MR) is 88.2 cm³/mol. The van der Waals surface area contributed by atoms with Crippen LogP contribution in [0, 0.1) is 5.92 Å². The van der Waals surface area contributed by atoms with E-state index < -0.39 is 0 Å². The molecule has 1 aromatic carbocycles. The van der Waals surface area contributed by atoms with Gasteiger partial charge in [0.2, 0.25) is 0 Å². The summed E-state index contributed by atoms with van der Waals surface area (Å²) in [7, 11) is 0. The van der Waals surface area contributed by atoms with Crippen molar-refractivity contribution in [3.8, 4) is 0 Å². The Kier molecular flexibility index (Phi) is 4.11. The smallest absolute Gasteiger partial charge is 0.256 e. The fraction of sp³-hybridized carbons (Fsp3) is 0.294. The highest BCUT2D eigenvalue weighted by Crippen LogP contribution is 2.39. The van der Waals surface area contributed by atoms with Crippen molar-refractivity contribution in [2.75, 3.05) is 0 Å². The number of nitrogens with zero attached hydrogens (tertiary/aromatic N) is 2. The van der Waals surface area contributed by atoms with Gasteiger partial charge in [0, 0.05) is 17.8 Å². The van der Waals surface area contributed by atoms with Gasteiger partial charge in [0.05, 0.1) is 22.3 Å². The summed E-state index contributed by atoms with van der Waals surface area (Å²) in [5.74, 6) is 0.254. The van der Waals surface area contributed by atoms with Crippen LogP contribution in [0.5, 0.6) is 0 Å². The number of amides is 1. The Morgan fingerprint density at radius 2 is 1.86 bits per heavy atom. The molecule has 2 aromatic rings. The molecular formula is C17H16Cl2N2O. The number of carbonyl (C=O) groups excluding carboxylic acids is 1.